The zero-order valence-electron chi connectivity index (χ0n) is 12.1. The number of benzene rings is 1. The Bertz CT molecular complexity index is 657. The molecule has 0 radical (unpaired) electrons. The van der Waals surface area contributed by atoms with E-state index in [1.165, 1.54) is 11.3 Å². The molecule has 1 N–H and O–H groups in total. The molecule has 1 heterocycles. The van der Waals surface area contributed by atoms with Crippen LogP contribution >= 0.6 is 22.9 Å². The topological polar surface area (TPSA) is 55.2 Å². The largest absolute Gasteiger partial charge is 0.303 e. The van der Waals surface area contributed by atoms with Gasteiger partial charge in [0.25, 0.3) is 5.69 Å². The molecule has 6 heteroatoms. The smallest absolute Gasteiger partial charge is 0.272 e. The van der Waals surface area contributed by atoms with Crippen LogP contribution in [0.1, 0.15) is 41.9 Å². The Hall–Kier alpha value is -1.43. The zero-order chi connectivity index (χ0) is 15.6. The fraction of sp³-hybridized carbons (Fsp3) is 0.333. The highest BCUT2D eigenvalue weighted by molar-refractivity contribution is 7.16. The summed E-state index contributed by atoms with van der Waals surface area (Å²) in [7, 11) is 0. The Kier molecular flexibility index (Phi) is 4.98. The van der Waals surface area contributed by atoms with Crippen molar-refractivity contribution in [2.75, 3.05) is 0 Å². The number of halogens is 1. The summed E-state index contributed by atoms with van der Waals surface area (Å²) in [4.78, 5) is 11.8. The molecular formula is C15H17ClN2O2S. The van der Waals surface area contributed by atoms with E-state index >= 15 is 0 Å². The molecule has 2 aromatic rings. The molecule has 0 saturated heterocycles. The maximum Gasteiger partial charge on any atom is 0.272 e. The molecule has 2 unspecified atom stereocenters. The average molecular weight is 325 g/mol. The van der Waals surface area contributed by atoms with Crippen molar-refractivity contribution in [1.82, 2.24) is 5.32 Å². The van der Waals surface area contributed by atoms with Gasteiger partial charge in [-0.25, -0.2) is 0 Å². The summed E-state index contributed by atoms with van der Waals surface area (Å²) in [6, 6.07) is 9.38. The number of nitro benzene ring substituents is 1. The normalized spacial score (nSPS) is 13.9. The molecule has 0 aliphatic heterocycles. The second kappa shape index (κ2) is 6.56. The van der Waals surface area contributed by atoms with E-state index in [-0.39, 0.29) is 22.7 Å². The van der Waals surface area contributed by atoms with Gasteiger partial charge in [0.15, 0.2) is 0 Å². The minimum Gasteiger partial charge on any atom is -0.303 e. The third-order valence-corrected chi connectivity index (χ3v) is 4.86. The van der Waals surface area contributed by atoms with Gasteiger partial charge in [0.1, 0.15) is 0 Å². The summed E-state index contributed by atoms with van der Waals surface area (Å²) < 4.78 is 0.761. The average Bonchev–Trinajstić information content (AvgIpc) is 2.85. The van der Waals surface area contributed by atoms with Crippen LogP contribution in [0.5, 0.6) is 0 Å². The van der Waals surface area contributed by atoms with Gasteiger partial charge in [-0.3, -0.25) is 10.1 Å². The van der Waals surface area contributed by atoms with Crippen LogP contribution in [0.4, 0.5) is 5.69 Å². The van der Waals surface area contributed by atoms with E-state index in [1.807, 2.05) is 25.1 Å². The first-order valence-corrected chi connectivity index (χ1v) is 7.84. The lowest BCUT2D eigenvalue weighted by Crippen LogP contribution is -2.21. The van der Waals surface area contributed by atoms with Crippen LogP contribution in [-0.4, -0.2) is 4.92 Å². The predicted molar refractivity (Wildman–Crippen MR) is 87.1 cm³/mol. The zero-order valence-corrected chi connectivity index (χ0v) is 13.7. The van der Waals surface area contributed by atoms with E-state index in [9.17, 15) is 10.1 Å². The number of rotatable bonds is 5. The molecule has 1 aromatic carbocycles. The molecule has 0 spiro atoms. The molecule has 0 amide bonds. The highest BCUT2D eigenvalue weighted by Crippen LogP contribution is 2.29. The molecule has 112 valence electrons. The van der Waals surface area contributed by atoms with Crippen LogP contribution in [0.15, 0.2) is 30.3 Å². The second-order valence-corrected chi connectivity index (χ2v) is 6.80. The maximum absolute atomic E-state index is 11.0. The molecule has 1 aromatic heterocycles. The van der Waals surface area contributed by atoms with Crippen molar-refractivity contribution in [3.05, 3.63) is 60.8 Å². The van der Waals surface area contributed by atoms with Gasteiger partial charge in [-0.2, -0.15) is 0 Å². The van der Waals surface area contributed by atoms with Crippen molar-refractivity contribution in [3.63, 3.8) is 0 Å². The van der Waals surface area contributed by atoms with Gasteiger partial charge in [-0.15, -0.1) is 11.3 Å². The Balaban J connectivity index is 2.15. The fourth-order valence-corrected chi connectivity index (χ4v) is 3.28. The SMILES string of the molecule is Cc1ccc(C(C)NC(C)c2ccc(Cl)s2)cc1[N+](=O)[O-]. The van der Waals surface area contributed by atoms with Crippen LogP contribution in [0, 0.1) is 17.0 Å². The standard InChI is InChI=1S/C15H17ClN2O2S/c1-9-4-5-12(8-13(9)18(19)20)10(2)17-11(3)14-6-7-15(16)21-14/h4-8,10-11,17H,1-3H3. The fourth-order valence-electron chi connectivity index (χ4n) is 2.21. The van der Waals surface area contributed by atoms with E-state index in [0.29, 0.717) is 5.56 Å². The molecule has 0 saturated carbocycles. The highest BCUT2D eigenvalue weighted by Gasteiger charge is 2.17. The van der Waals surface area contributed by atoms with Gasteiger partial charge >= 0.3 is 0 Å². The minimum absolute atomic E-state index is 0.0141. The van der Waals surface area contributed by atoms with Crippen molar-refractivity contribution in [3.8, 4) is 0 Å². The molecule has 2 atom stereocenters. The van der Waals surface area contributed by atoms with E-state index < -0.39 is 0 Å². The van der Waals surface area contributed by atoms with E-state index in [0.717, 1.165) is 14.8 Å². The number of aryl methyl sites for hydroxylation is 1. The van der Waals surface area contributed by atoms with Crippen LogP contribution < -0.4 is 5.32 Å². The van der Waals surface area contributed by atoms with Gasteiger partial charge in [0.2, 0.25) is 0 Å². The lowest BCUT2D eigenvalue weighted by atomic mass is 10.0. The van der Waals surface area contributed by atoms with E-state index in [2.05, 4.69) is 12.2 Å². The third-order valence-electron chi connectivity index (χ3n) is 3.45. The molecule has 4 nitrogen and oxygen atoms in total. The van der Waals surface area contributed by atoms with Crippen LogP contribution in [0.25, 0.3) is 0 Å². The summed E-state index contributed by atoms with van der Waals surface area (Å²) >= 11 is 7.49. The monoisotopic (exact) mass is 324 g/mol. The van der Waals surface area contributed by atoms with Crippen LogP contribution in [0.3, 0.4) is 0 Å². The molecule has 0 bridgehead atoms. The van der Waals surface area contributed by atoms with Crippen molar-refractivity contribution >= 4 is 28.6 Å². The summed E-state index contributed by atoms with van der Waals surface area (Å²) in [6.45, 7) is 5.80. The molecular weight excluding hydrogens is 308 g/mol. The third kappa shape index (κ3) is 3.81. The van der Waals surface area contributed by atoms with Crippen LogP contribution in [-0.2, 0) is 0 Å². The highest BCUT2D eigenvalue weighted by atomic mass is 35.5. The number of nitrogens with zero attached hydrogens (tertiary/aromatic N) is 1. The number of thiophene rings is 1. The Morgan fingerprint density at radius 3 is 2.52 bits per heavy atom. The van der Waals surface area contributed by atoms with Gasteiger partial charge in [0, 0.05) is 28.6 Å². The number of nitro groups is 1. The Labute approximate surface area is 132 Å². The summed E-state index contributed by atoms with van der Waals surface area (Å²) in [5.41, 5.74) is 1.74. The summed E-state index contributed by atoms with van der Waals surface area (Å²) in [5, 5.41) is 14.5. The summed E-state index contributed by atoms with van der Waals surface area (Å²) in [5.74, 6) is 0. The molecule has 0 fully saturated rings. The lowest BCUT2D eigenvalue weighted by Gasteiger charge is -2.19. The quantitative estimate of drug-likeness (QED) is 0.620. The minimum atomic E-state index is -0.339. The predicted octanol–water partition coefficient (Wildman–Crippen LogP) is 5.03. The molecule has 2 rings (SSSR count). The van der Waals surface area contributed by atoms with Gasteiger partial charge in [-0.1, -0.05) is 23.7 Å². The maximum atomic E-state index is 11.0. The van der Waals surface area contributed by atoms with Crippen molar-refractivity contribution in [2.45, 2.75) is 32.9 Å². The number of hydrogen-bond donors (Lipinski definition) is 1. The Morgan fingerprint density at radius 2 is 1.95 bits per heavy atom. The van der Waals surface area contributed by atoms with E-state index in [4.69, 9.17) is 11.6 Å². The lowest BCUT2D eigenvalue weighted by molar-refractivity contribution is -0.385. The van der Waals surface area contributed by atoms with Crippen molar-refractivity contribution in [2.24, 2.45) is 0 Å². The Morgan fingerprint density at radius 1 is 1.24 bits per heavy atom. The summed E-state index contributed by atoms with van der Waals surface area (Å²) in [6.07, 6.45) is 0. The number of hydrogen-bond acceptors (Lipinski definition) is 4. The first-order chi connectivity index (χ1) is 9.88. The van der Waals surface area contributed by atoms with Gasteiger partial charge in [-0.05, 0) is 38.5 Å². The van der Waals surface area contributed by atoms with E-state index in [1.54, 1.807) is 19.1 Å². The van der Waals surface area contributed by atoms with Crippen molar-refractivity contribution in [1.29, 1.82) is 0 Å². The van der Waals surface area contributed by atoms with Gasteiger partial charge in [0.05, 0.1) is 9.26 Å². The first kappa shape index (κ1) is 15.9. The molecule has 0 aliphatic rings. The molecule has 21 heavy (non-hydrogen) atoms. The second-order valence-electron chi connectivity index (χ2n) is 5.05. The van der Waals surface area contributed by atoms with Gasteiger partial charge < -0.3 is 5.32 Å². The number of nitrogens with one attached hydrogen (secondary N) is 1. The molecule has 0 aliphatic carbocycles. The van der Waals surface area contributed by atoms with Crippen LogP contribution in [0.2, 0.25) is 4.34 Å². The van der Waals surface area contributed by atoms with Crippen molar-refractivity contribution < 1.29 is 4.92 Å². The first-order valence-electron chi connectivity index (χ1n) is 6.64.